The average molecular weight is 409 g/mol. The van der Waals surface area contributed by atoms with E-state index in [-0.39, 0.29) is 0 Å². The molecule has 0 bridgehead atoms. The zero-order valence-corrected chi connectivity index (χ0v) is 18.5. The number of hydrogen-bond donors (Lipinski definition) is 0. The van der Waals surface area contributed by atoms with Gasteiger partial charge in [-0.1, -0.05) is 56.3 Å². The maximum atomic E-state index is 10.1. The lowest BCUT2D eigenvalue weighted by atomic mass is 9.90. The van der Waals surface area contributed by atoms with Gasteiger partial charge in [0.05, 0.1) is 16.6 Å². The maximum Gasteiger partial charge on any atom is 0.157 e. The van der Waals surface area contributed by atoms with E-state index in [1.54, 1.807) is 0 Å². The highest BCUT2D eigenvalue weighted by Crippen LogP contribution is 2.37. The summed E-state index contributed by atoms with van der Waals surface area (Å²) in [5.74, 6) is 2.48. The largest absolute Gasteiger partial charge is 0.357 e. The predicted molar refractivity (Wildman–Crippen MR) is 127 cm³/mol. The molecule has 4 heteroatoms. The second kappa shape index (κ2) is 7.74. The van der Waals surface area contributed by atoms with E-state index < -0.39 is 0 Å². The zero-order chi connectivity index (χ0) is 21.5. The molecule has 2 aromatic heterocycles. The Bertz CT molecular complexity index is 1290. The summed E-state index contributed by atoms with van der Waals surface area (Å²) in [6, 6.07) is 21.3. The fourth-order valence-corrected chi connectivity index (χ4v) is 5.34. The van der Waals surface area contributed by atoms with Gasteiger partial charge in [0, 0.05) is 25.1 Å². The van der Waals surface area contributed by atoms with Gasteiger partial charge in [-0.05, 0) is 48.4 Å². The number of benzene rings is 2. The summed E-state index contributed by atoms with van der Waals surface area (Å²) in [7, 11) is 0. The van der Waals surface area contributed by atoms with Gasteiger partial charge in [0.25, 0.3) is 0 Å². The summed E-state index contributed by atoms with van der Waals surface area (Å²) in [5, 5.41) is 10.1. The van der Waals surface area contributed by atoms with Crippen molar-refractivity contribution in [3.8, 4) is 6.07 Å². The second-order valence-corrected chi connectivity index (χ2v) is 9.19. The van der Waals surface area contributed by atoms with E-state index in [0.717, 1.165) is 41.8 Å². The van der Waals surface area contributed by atoms with Crippen LogP contribution in [0.3, 0.4) is 0 Å². The minimum atomic E-state index is 0.633. The first-order chi connectivity index (χ1) is 15.1. The van der Waals surface area contributed by atoms with Crippen LogP contribution in [-0.4, -0.2) is 22.5 Å². The van der Waals surface area contributed by atoms with Crippen LogP contribution in [0.25, 0.3) is 16.7 Å². The first kappa shape index (κ1) is 19.6. The van der Waals surface area contributed by atoms with Crippen LogP contribution in [0.15, 0.2) is 54.6 Å². The standard InChI is InChI=1S/C27H28N4/c1-18-13-19(2)17-30(16-18)27-22(14-21-9-5-4-6-10-21)20(3)23(15-28)26-29-24-11-7-8-12-25(24)31(26)27/h4-12,18-19H,13-14,16-17H2,1-3H3. The smallest absolute Gasteiger partial charge is 0.157 e. The molecular formula is C27H28N4. The Morgan fingerprint density at radius 2 is 1.68 bits per heavy atom. The number of nitriles is 1. The minimum absolute atomic E-state index is 0.633. The van der Waals surface area contributed by atoms with Crippen LogP contribution in [-0.2, 0) is 6.42 Å². The molecule has 0 saturated carbocycles. The summed E-state index contributed by atoms with van der Waals surface area (Å²) >= 11 is 0. The lowest BCUT2D eigenvalue weighted by Crippen LogP contribution is -2.40. The number of anilines is 1. The number of para-hydroxylation sites is 2. The van der Waals surface area contributed by atoms with Gasteiger partial charge in [-0.3, -0.25) is 4.40 Å². The van der Waals surface area contributed by atoms with E-state index in [4.69, 9.17) is 4.98 Å². The third kappa shape index (κ3) is 3.35. The zero-order valence-electron chi connectivity index (χ0n) is 18.5. The van der Waals surface area contributed by atoms with Crippen molar-refractivity contribution >= 4 is 22.5 Å². The molecule has 0 N–H and O–H groups in total. The Balaban J connectivity index is 1.85. The third-order valence-electron chi connectivity index (χ3n) is 6.60. The normalized spacial score (nSPS) is 19.1. The topological polar surface area (TPSA) is 44.3 Å². The molecule has 4 aromatic rings. The molecule has 1 fully saturated rings. The van der Waals surface area contributed by atoms with E-state index in [1.807, 2.05) is 12.1 Å². The van der Waals surface area contributed by atoms with Gasteiger partial charge in [0.15, 0.2) is 5.65 Å². The molecular weight excluding hydrogens is 380 g/mol. The number of imidazole rings is 1. The van der Waals surface area contributed by atoms with E-state index in [2.05, 4.69) is 78.6 Å². The van der Waals surface area contributed by atoms with Crippen molar-refractivity contribution in [3.63, 3.8) is 0 Å². The summed E-state index contributed by atoms with van der Waals surface area (Å²) in [6.07, 6.45) is 2.06. The fourth-order valence-electron chi connectivity index (χ4n) is 5.34. The van der Waals surface area contributed by atoms with Crippen molar-refractivity contribution < 1.29 is 0 Å². The monoisotopic (exact) mass is 408 g/mol. The first-order valence-corrected chi connectivity index (χ1v) is 11.2. The molecule has 1 aliphatic heterocycles. The average Bonchev–Trinajstić information content (AvgIpc) is 3.13. The highest BCUT2D eigenvalue weighted by atomic mass is 15.2. The van der Waals surface area contributed by atoms with Crippen LogP contribution in [0, 0.1) is 30.1 Å². The van der Waals surface area contributed by atoms with Gasteiger partial charge < -0.3 is 4.90 Å². The number of nitrogens with zero attached hydrogens (tertiary/aromatic N) is 4. The van der Waals surface area contributed by atoms with Crippen LogP contribution in [0.2, 0.25) is 0 Å². The molecule has 31 heavy (non-hydrogen) atoms. The summed E-state index contributed by atoms with van der Waals surface area (Å²) in [6.45, 7) is 8.84. The third-order valence-corrected chi connectivity index (χ3v) is 6.60. The van der Waals surface area contributed by atoms with Crippen molar-refractivity contribution in [3.05, 3.63) is 76.9 Å². The molecule has 0 amide bonds. The Kier molecular flexibility index (Phi) is 4.90. The number of aromatic nitrogens is 2. The van der Waals surface area contributed by atoms with Crippen LogP contribution in [0.1, 0.15) is 42.5 Å². The molecule has 0 aliphatic carbocycles. The second-order valence-electron chi connectivity index (χ2n) is 9.19. The summed E-state index contributed by atoms with van der Waals surface area (Å²) in [5.41, 5.74) is 7.02. The highest BCUT2D eigenvalue weighted by Gasteiger charge is 2.29. The van der Waals surface area contributed by atoms with Crippen LogP contribution in [0.4, 0.5) is 5.82 Å². The molecule has 156 valence electrons. The Labute approximate surface area is 183 Å². The van der Waals surface area contributed by atoms with E-state index in [1.165, 1.54) is 23.4 Å². The minimum Gasteiger partial charge on any atom is -0.357 e. The van der Waals surface area contributed by atoms with Crippen molar-refractivity contribution in [2.45, 2.75) is 33.6 Å². The quantitative estimate of drug-likeness (QED) is 0.434. The molecule has 0 radical (unpaired) electrons. The molecule has 5 rings (SSSR count). The summed E-state index contributed by atoms with van der Waals surface area (Å²) in [4.78, 5) is 7.45. The first-order valence-electron chi connectivity index (χ1n) is 11.2. The molecule has 2 aromatic carbocycles. The van der Waals surface area contributed by atoms with E-state index in [9.17, 15) is 5.26 Å². The maximum absolute atomic E-state index is 10.1. The van der Waals surface area contributed by atoms with Crippen LogP contribution in [0.5, 0.6) is 0 Å². The number of fused-ring (bicyclic) bond motifs is 3. The van der Waals surface area contributed by atoms with Crippen molar-refractivity contribution in [1.29, 1.82) is 5.26 Å². The van der Waals surface area contributed by atoms with Gasteiger partial charge in [-0.15, -0.1) is 0 Å². The molecule has 3 heterocycles. The Hall–Kier alpha value is -3.32. The molecule has 2 atom stereocenters. The number of hydrogen-bond acceptors (Lipinski definition) is 3. The number of pyridine rings is 1. The lowest BCUT2D eigenvalue weighted by Gasteiger charge is -2.38. The Morgan fingerprint density at radius 3 is 2.39 bits per heavy atom. The molecule has 0 spiro atoms. The predicted octanol–water partition coefficient (Wildman–Crippen LogP) is 5.74. The van der Waals surface area contributed by atoms with Gasteiger partial charge in [-0.25, -0.2) is 4.98 Å². The fraction of sp³-hybridized carbons (Fsp3) is 0.333. The number of rotatable bonds is 3. The highest BCUT2D eigenvalue weighted by molar-refractivity contribution is 5.86. The Morgan fingerprint density at radius 1 is 1.00 bits per heavy atom. The lowest BCUT2D eigenvalue weighted by molar-refractivity contribution is 0.354. The molecule has 1 saturated heterocycles. The van der Waals surface area contributed by atoms with Gasteiger partial charge in [0.2, 0.25) is 0 Å². The summed E-state index contributed by atoms with van der Waals surface area (Å²) < 4.78 is 2.25. The molecule has 1 aliphatic rings. The van der Waals surface area contributed by atoms with Crippen molar-refractivity contribution in [1.82, 2.24) is 9.38 Å². The van der Waals surface area contributed by atoms with E-state index in [0.29, 0.717) is 17.4 Å². The van der Waals surface area contributed by atoms with Gasteiger partial charge >= 0.3 is 0 Å². The molecule has 4 nitrogen and oxygen atoms in total. The van der Waals surface area contributed by atoms with E-state index >= 15 is 0 Å². The van der Waals surface area contributed by atoms with Crippen molar-refractivity contribution in [2.75, 3.05) is 18.0 Å². The van der Waals surface area contributed by atoms with Crippen LogP contribution >= 0.6 is 0 Å². The van der Waals surface area contributed by atoms with Crippen LogP contribution < -0.4 is 4.90 Å². The molecule has 2 unspecified atom stereocenters. The number of piperidine rings is 1. The SMILES string of the molecule is Cc1c(Cc2ccccc2)c(N2CC(C)CC(C)C2)n2c(nc3ccccc32)c1C#N. The van der Waals surface area contributed by atoms with Gasteiger partial charge in [-0.2, -0.15) is 5.26 Å². The van der Waals surface area contributed by atoms with Gasteiger partial charge in [0.1, 0.15) is 11.9 Å². The van der Waals surface area contributed by atoms with Crippen molar-refractivity contribution in [2.24, 2.45) is 11.8 Å².